The molecule has 1 aromatic carbocycles. The van der Waals surface area contributed by atoms with Crippen LogP contribution in [-0.4, -0.2) is 57.0 Å². The van der Waals surface area contributed by atoms with Gasteiger partial charge in [0.15, 0.2) is 0 Å². The smallest absolute Gasteiger partial charge is 0.404 e. The summed E-state index contributed by atoms with van der Waals surface area (Å²) in [4.78, 5) is 12.9. The van der Waals surface area contributed by atoms with E-state index in [1.807, 2.05) is 0 Å². The molecule has 1 aliphatic heterocycles. The third kappa shape index (κ3) is 4.36. The van der Waals surface area contributed by atoms with E-state index in [-0.39, 0.29) is 18.1 Å². The Morgan fingerprint density at radius 3 is 2.62 bits per heavy atom. The fourth-order valence-electron chi connectivity index (χ4n) is 6.14. The average Bonchev–Trinajstić information content (AvgIpc) is 3.12. The number of likely N-dealkylation sites (N-methyl/N-ethyl adjacent to an activating group) is 1. The number of aryl methyl sites for hydroxylation is 2. The lowest BCUT2D eigenvalue weighted by atomic mass is 9.43. The molecule has 186 valence electrons. The van der Waals surface area contributed by atoms with E-state index in [1.54, 1.807) is 0 Å². The fraction of sp³-hybridized carbons (Fsp3) is 0.640. The highest BCUT2D eigenvalue weighted by Gasteiger charge is 2.68. The number of amides is 1. The van der Waals surface area contributed by atoms with Gasteiger partial charge in [0, 0.05) is 12.5 Å². The molecule has 1 amide bonds. The minimum atomic E-state index is -3.69. The van der Waals surface area contributed by atoms with Crippen LogP contribution >= 0.6 is 0 Å². The van der Waals surface area contributed by atoms with Crippen molar-refractivity contribution in [2.75, 3.05) is 13.6 Å². The minimum absolute atomic E-state index is 0.00255. The predicted molar refractivity (Wildman–Crippen MR) is 133 cm³/mol. The molecule has 4 fully saturated rings. The van der Waals surface area contributed by atoms with Crippen molar-refractivity contribution < 1.29 is 22.5 Å². The summed E-state index contributed by atoms with van der Waals surface area (Å²) in [7, 11) is -2.92. The van der Waals surface area contributed by atoms with Gasteiger partial charge in [0.1, 0.15) is 0 Å². The highest BCUT2D eigenvalue weighted by molar-refractivity contribution is 7.92. The van der Waals surface area contributed by atoms with Crippen molar-refractivity contribution in [3.63, 3.8) is 0 Å². The Balaban J connectivity index is 1.55. The molecule has 0 spiro atoms. The second-order valence-corrected chi connectivity index (χ2v) is 13.1. The number of carbonyl (C=O) groups excluding carboxylic acids is 1. The summed E-state index contributed by atoms with van der Waals surface area (Å²) in [6, 6.07) is 6.24. The van der Waals surface area contributed by atoms with Crippen LogP contribution in [0.25, 0.3) is 0 Å². The van der Waals surface area contributed by atoms with Gasteiger partial charge in [-0.25, -0.2) is 8.42 Å². The Labute approximate surface area is 204 Å². The molecule has 3 aliphatic carbocycles. The van der Waals surface area contributed by atoms with Gasteiger partial charge in [0.25, 0.3) is 0 Å². The van der Waals surface area contributed by atoms with Gasteiger partial charge in [-0.1, -0.05) is 38.6 Å². The molecular weight excluding hydrogens is 451 g/mol. The van der Waals surface area contributed by atoms with Crippen molar-refractivity contribution >= 4 is 23.0 Å². The summed E-state index contributed by atoms with van der Waals surface area (Å²) < 4.78 is 38.1. The highest BCUT2D eigenvalue weighted by Crippen LogP contribution is 2.65. The van der Waals surface area contributed by atoms with E-state index in [0.29, 0.717) is 18.3 Å². The van der Waals surface area contributed by atoms with E-state index < -0.39 is 34.6 Å². The summed E-state index contributed by atoms with van der Waals surface area (Å²) in [5.41, 5.74) is 3.28. The van der Waals surface area contributed by atoms with Crippen LogP contribution in [0.3, 0.4) is 0 Å². The van der Waals surface area contributed by atoms with Crippen LogP contribution in [0.2, 0.25) is 0 Å². The summed E-state index contributed by atoms with van der Waals surface area (Å²) in [5.74, 6) is 0.190. The summed E-state index contributed by atoms with van der Waals surface area (Å²) in [6.45, 7) is 13.9. The van der Waals surface area contributed by atoms with Gasteiger partial charge in [-0.05, 0) is 74.0 Å². The van der Waals surface area contributed by atoms with Crippen molar-refractivity contribution in [3.8, 4) is 0 Å². The topological polar surface area (TPSA) is 84.9 Å². The van der Waals surface area contributed by atoms with Gasteiger partial charge in [-0.3, -0.25) is 4.79 Å². The van der Waals surface area contributed by atoms with Crippen LogP contribution in [0.1, 0.15) is 50.3 Å². The van der Waals surface area contributed by atoms with Crippen molar-refractivity contribution in [1.82, 2.24) is 9.62 Å². The van der Waals surface area contributed by atoms with Crippen LogP contribution in [0.5, 0.6) is 0 Å². The molecule has 1 heterocycles. The number of nitrogens with one attached hydrogen (secondary N) is 1. The molecule has 0 radical (unpaired) electrons. The first-order chi connectivity index (χ1) is 15.8. The standard InChI is InChI=1S/C25H37BN2O5S/c1-8-34(30,31)28(7)15-23(29)27-22(12-18-10-9-16(2)17(3)11-18)26-32-21-14-19-13-20(24(19,4)5)25(21,6)33-26/h8-11,19-22H,1,12-15H2,2-7H3,(H,27,29)/t19?,20?,21-,22+,25+/m1/s1. The second-order valence-electron chi connectivity index (χ2n) is 11.1. The normalized spacial score (nSPS) is 30.4. The largest absolute Gasteiger partial charge is 0.482 e. The van der Waals surface area contributed by atoms with Crippen molar-refractivity contribution in [2.24, 2.45) is 17.3 Å². The summed E-state index contributed by atoms with van der Waals surface area (Å²) in [5, 5.41) is 3.86. The molecule has 2 unspecified atom stereocenters. The van der Waals surface area contributed by atoms with Crippen molar-refractivity contribution in [3.05, 3.63) is 46.9 Å². The van der Waals surface area contributed by atoms with Crippen LogP contribution in [0.4, 0.5) is 0 Å². The maximum Gasteiger partial charge on any atom is 0.482 e. The quantitative estimate of drug-likeness (QED) is 0.569. The van der Waals surface area contributed by atoms with Crippen LogP contribution in [0, 0.1) is 31.1 Å². The van der Waals surface area contributed by atoms with Crippen molar-refractivity contribution in [1.29, 1.82) is 0 Å². The average molecular weight is 488 g/mol. The monoisotopic (exact) mass is 488 g/mol. The molecule has 0 aromatic heterocycles. The lowest BCUT2D eigenvalue weighted by Crippen LogP contribution is -2.65. The van der Waals surface area contributed by atoms with Crippen LogP contribution < -0.4 is 5.32 Å². The van der Waals surface area contributed by atoms with Gasteiger partial charge >= 0.3 is 7.12 Å². The molecular formula is C25H37BN2O5S. The second kappa shape index (κ2) is 8.77. The van der Waals surface area contributed by atoms with Gasteiger partial charge in [-0.15, -0.1) is 0 Å². The Bertz CT molecular complexity index is 1090. The lowest BCUT2D eigenvalue weighted by Gasteiger charge is -2.64. The van der Waals surface area contributed by atoms with Gasteiger partial charge in [-0.2, -0.15) is 4.31 Å². The fourth-order valence-corrected chi connectivity index (χ4v) is 6.69. The van der Waals surface area contributed by atoms with E-state index in [9.17, 15) is 13.2 Å². The highest BCUT2D eigenvalue weighted by atomic mass is 32.2. The van der Waals surface area contributed by atoms with E-state index in [0.717, 1.165) is 28.1 Å². The maximum absolute atomic E-state index is 12.9. The van der Waals surface area contributed by atoms with E-state index >= 15 is 0 Å². The van der Waals surface area contributed by atoms with Crippen molar-refractivity contribution in [2.45, 2.75) is 71.5 Å². The van der Waals surface area contributed by atoms with E-state index in [2.05, 4.69) is 64.7 Å². The molecule has 5 rings (SSSR count). The maximum atomic E-state index is 12.9. The summed E-state index contributed by atoms with van der Waals surface area (Å²) >= 11 is 0. The number of rotatable bonds is 8. The Kier molecular flexibility index (Phi) is 6.55. The zero-order valence-electron chi connectivity index (χ0n) is 21.1. The number of hydrogen-bond donors (Lipinski definition) is 1. The van der Waals surface area contributed by atoms with Gasteiger partial charge < -0.3 is 14.6 Å². The number of carbonyl (C=O) groups is 1. The zero-order valence-corrected chi connectivity index (χ0v) is 21.9. The third-order valence-electron chi connectivity index (χ3n) is 8.68. The molecule has 34 heavy (non-hydrogen) atoms. The first-order valence-corrected chi connectivity index (χ1v) is 13.6. The molecule has 7 nitrogen and oxygen atoms in total. The predicted octanol–water partition coefficient (Wildman–Crippen LogP) is 3.00. The number of sulfonamides is 1. The molecule has 5 atom stereocenters. The van der Waals surface area contributed by atoms with Crippen LogP contribution in [-0.2, 0) is 30.5 Å². The Hall–Kier alpha value is -1.68. The first-order valence-electron chi connectivity index (χ1n) is 12.1. The number of hydrogen-bond acceptors (Lipinski definition) is 5. The van der Waals surface area contributed by atoms with Gasteiger partial charge in [0.2, 0.25) is 15.9 Å². The van der Waals surface area contributed by atoms with E-state index in [4.69, 9.17) is 9.31 Å². The molecule has 1 N–H and O–H groups in total. The molecule has 3 saturated carbocycles. The minimum Gasteiger partial charge on any atom is -0.404 e. The SMILES string of the molecule is C=CS(=O)(=O)N(C)CC(=O)N[C@@H](Cc1ccc(C)c(C)c1)B1O[C@@H]2CC3CC(C3(C)C)[C@]2(C)O1. The Morgan fingerprint density at radius 1 is 1.29 bits per heavy atom. The van der Waals surface area contributed by atoms with Crippen LogP contribution in [0.15, 0.2) is 30.2 Å². The molecule has 4 aliphatic rings. The molecule has 1 aromatic rings. The lowest BCUT2D eigenvalue weighted by molar-refractivity contribution is -0.199. The number of benzene rings is 1. The first kappa shape index (κ1) is 25.4. The Morgan fingerprint density at radius 2 is 2.00 bits per heavy atom. The molecule has 9 heteroatoms. The number of nitrogens with zero attached hydrogens (tertiary/aromatic N) is 1. The zero-order chi connectivity index (χ0) is 25.1. The molecule has 1 saturated heterocycles. The summed E-state index contributed by atoms with van der Waals surface area (Å²) in [6.07, 6.45) is 2.63. The van der Waals surface area contributed by atoms with Gasteiger partial charge in [0.05, 0.1) is 24.2 Å². The molecule has 2 bridgehead atoms. The van der Waals surface area contributed by atoms with E-state index in [1.165, 1.54) is 18.2 Å². The third-order valence-corrected chi connectivity index (χ3v) is 10.1.